The van der Waals surface area contributed by atoms with Crippen LogP contribution in [0.15, 0.2) is 42.9 Å². The lowest BCUT2D eigenvalue weighted by molar-refractivity contribution is 0.228. The predicted molar refractivity (Wildman–Crippen MR) is 108 cm³/mol. The Balaban J connectivity index is 1.22. The number of aromatic nitrogens is 3. The first-order chi connectivity index (χ1) is 13.8. The third-order valence-electron chi connectivity index (χ3n) is 5.40. The number of amides is 2. The van der Waals surface area contributed by atoms with Crippen LogP contribution in [0.25, 0.3) is 0 Å². The summed E-state index contributed by atoms with van der Waals surface area (Å²) in [5.41, 5.74) is 0. The molecule has 0 radical (unpaired) electrons. The van der Waals surface area contributed by atoms with Crippen LogP contribution >= 0.6 is 0 Å². The summed E-state index contributed by atoms with van der Waals surface area (Å²) in [6.45, 7) is 3.49. The van der Waals surface area contributed by atoms with Gasteiger partial charge in [0.15, 0.2) is 0 Å². The highest BCUT2D eigenvalue weighted by molar-refractivity contribution is 5.74. The van der Waals surface area contributed by atoms with Crippen molar-refractivity contribution in [3.05, 3.63) is 42.9 Å². The highest BCUT2D eigenvalue weighted by Crippen LogP contribution is 2.18. The van der Waals surface area contributed by atoms with E-state index in [1.54, 1.807) is 12.4 Å². The number of carbonyl (C=O) groups is 1. The highest BCUT2D eigenvalue weighted by atomic mass is 16.2. The molecule has 4 rings (SSSR count). The number of hydrogen-bond acceptors (Lipinski definition) is 6. The van der Waals surface area contributed by atoms with Crippen molar-refractivity contribution in [1.29, 1.82) is 0 Å². The number of hydrogen-bond donors (Lipinski definition) is 2. The summed E-state index contributed by atoms with van der Waals surface area (Å²) in [6.07, 6.45) is 9.19. The molecule has 2 aliphatic rings. The Labute approximate surface area is 165 Å². The maximum absolute atomic E-state index is 12.5. The van der Waals surface area contributed by atoms with Crippen LogP contribution in [0, 0.1) is 0 Å². The quantitative estimate of drug-likeness (QED) is 0.840. The van der Waals surface area contributed by atoms with E-state index in [2.05, 4.69) is 35.4 Å². The van der Waals surface area contributed by atoms with Gasteiger partial charge in [0.1, 0.15) is 5.82 Å². The molecule has 148 valence electrons. The van der Waals surface area contributed by atoms with Crippen molar-refractivity contribution in [1.82, 2.24) is 25.6 Å². The van der Waals surface area contributed by atoms with Gasteiger partial charge in [-0.3, -0.25) is 0 Å². The summed E-state index contributed by atoms with van der Waals surface area (Å²) in [5.74, 6) is 1.74. The topological polar surface area (TPSA) is 86.3 Å². The smallest absolute Gasteiger partial charge is 0.315 e. The number of anilines is 2. The molecule has 0 spiro atoms. The average molecular weight is 381 g/mol. The molecule has 0 aliphatic carbocycles. The first kappa shape index (κ1) is 18.5. The summed E-state index contributed by atoms with van der Waals surface area (Å²) < 4.78 is 0. The monoisotopic (exact) mass is 381 g/mol. The van der Waals surface area contributed by atoms with Gasteiger partial charge in [-0.15, -0.1) is 0 Å². The van der Waals surface area contributed by atoms with Crippen molar-refractivity contribution in [2.75, 3.05) is 36.0 Å². The number of carbonyl (C=O) groups excluding carboxylic acids is 1. The van der Waals surface area contributed by atoms with E-state index in [0.29, 0.717) is 0 Å². The zero-order valence-corrected chi connectivity index (χ0v) is 16.0. The largest absolute Gasteiger partial charge is 0.356 e. The Morgan fingerprint density at radius 3 is 2.36 bits per heavy atom. The first-order valence-electron chi connectivity index (χ1n) is 10.0. The molecule has 2 N–H and O–H groups in total. The second-order valence-corrected chi connectivity index (χ2v) is 7.40. The minimum absolute atomic E-state index is 0.0721. The van der Waals surface area contributed by atoms with E-state index < -0.39 is 0 Å². The molecular weight excluding hydrogens is 354 g/mol. The van der Waals surface area contributed by atoms with Crippen LogP contribution in [-0.4, -0.2) is 59.2 Å². The van der Waals surface area contributed by atoms with Gasteiger partial charge in [0, 0.05) is 56.9 Å². The number of piperidine rings is 2. The van der Waals surface area contributed by atoms with Gasteiger partial charge in [-0.1, -0.05) is 6.07 Å². The van der Waals surface area contributed by atoms with E-state index in [1.807, 2.05) is 30.5 Å². The Hall–Kier alpha value is -2.90. The fourth-order valence-electron chi connectivity index (χ4n) is 3.94. The molecule has 1 atom stereocenters. The normalized spacial score (nSPS) is 20.6. The lowest BCUT2D eigenvalue weighted by Gasteiger charge is -2.35. The number of nitrogens with one attached hydrogen (secondary N) is 2. The molecule has 2 aliphatic heterocycles. The lowest BCUT2D eigenvalue weighted by Crippen LogP contribution is -2.54. The van der Waals surface area contributed by atoms with Crippen LogP contribution in [0.5, 0.6) is 0 Å². The van der Waals surface area contributed by atoms with Crippen molar-refractivity contribution < 1.29 is 4.79 Å². The number of pyridine rings is 1. The van der Waals surface area contributed by atoms with E-state index >= 15 is 0 Å². The van der Waals surface area contributed by atoms with E-state index in [4.69, 9.17) is 0 Å². The van der Waals surface area contributed by atoms with Gasteiger partial charge in [0.05, 0.1) is 0 Å². The van der Waals surface area contributed by atoms with Crippen LogP contribution in [0.1, 0.15) is 25.7 Å². The summed E-state index contributed by atoms with van der Waals surface area (Å²) in [5, 5.41) is 6.28. The molecule has 1 unspecified atom stereocenters. The molecule has 2 aromatic rings. The summed E-state index contributed by atoms with van der Waals surface area (Å²) in [4.78, 5) is 29.9. The van der Waals surface area contributed by atoms with Crippen LogP contribution in [0.4, 0.5) is 16.6 Å². The Bertz CT molecular complexity index is 750. The van der Waals surface area contributed by atoms with Gasteiger partial charge in [0.25, 0.3) is 0 Å². The second kappa shape index (κ2) is 8.86. The van der Waals surface area contributed by atoms with E-state index in [-0.39, 0.29) is 18.1 Å². The van der Waals surface area contributed by atoms with Gasteiger partial charge >= 0.3 is 6.03 Å². The van der Waals surface area contributed by atoms with Crippen molar-refractivity contribution in [3.63, 3.8) is 0 Å². The van der Waals surface area contributed by atoms with E-state index in [9.17, 15) is 4.79 Å². The molecule has 0 saturated carbocycles. The van der Waals surface area contributed by atoms with E-state index in [1.165, 1.54) is 0 Å². The zero-order chi connectivity index (χ0) is 19.2. The molecule has 2 amide bonds. The Kier molecular flexibility index (Phi) is 5.84. The van der Waals surface area contributed by atoms with Gasteiger partial charge in [-0.2, -0.15) is 0 Å². The number of urea groups is 1. The molecule has 2 aromatic heterocycles. The summed E-state index contributed by atoms with van der Waals surface area (Å²) >= 11 is 0. The molecule has 2 fully saturated rings. The molecule has 4 heterocycles. The van der Waals surface area contributed by atoms with Crippen LogP contribution in [0.2, 0.25) is 0 Å². The molecule has 2 saturated heterocycles. The SMILES string of the molecule is O=C(NC1CCN(c2ccccn2)CC1)NC1CCCN(c2ncccn2)C1. The van der Waals surface area contributed by atoms with Crippen molar-refractivity contribution in [3.8, 4) is 0 Å². The second-order valence-electron chi connectivity index (χ2n) is 7.40. The molecule has 0 bridgehead atoms. The molecule has 8 heteroatoms. The average Bonchev–Trinajstić information content (AvgIpc) is 2.76. The maximum atomic E-state index is 12.5. The minimum Gasteiger partial charge on any atom is -0.356 e. The van der Waals surface area contributed by atoms with Gasteiger partial charge in [0.2, 0.25) is 5.95 Å². The fourth-order valence-corrected chi connectivity index (χ4v) is 3.94. The van der Waals surface area contributed by atoms with Crippen molar-refractivity contribution in [2.24, 2.45) is 0 Å². The molecule has 8 nitrogen and oxygen atoms in total. The van der Waals surface area contributed by atoms with E-state index in [0.717, 1.165) is 63.6 Å². The van der Waals surface area contributed by atoms with Gasteiger partial charge in [-0.05, 0) is 43.9 Å². The molecule has 0 aromatic carbocycles. The molecule has 28 heavy (non-hydrogen) atoms. The van der Waals surface area contributed by atoms with Crippen LogP contribution in [-0.2, 0) is 0 Å². The van der Waals surface area contributed by atoms with Gasteiger partial charge in [-0.25, -0.2) is 19.7 Å². The number of rotatable bonds is 4. The Morgan fingerprint density at radius 2 is 1.61 bits per heavy atom. The van der Waals surface area contributed by atoms with Crippen molar-refractivity contribution >= 4 is 17.8 Å². The lowest BCUT2D eigenvalue weighted by atomic mass is 10.0. The fraction of sp³-hybridized carbons (Fsp3) is 0.500. The Morgan fingerprint density at radius 1 is 0.857 bits per heavy atom. The standard InChI is InChI=1S/C20H27N7O/c28-20(24-16-7-13-26(14-8-16)18-6-1-2-9-21-18)25-17-5-3-12-27(15-17)19-22-10-4-11-23-19/h1-2,4,6,9-11,16-17H,3,5,7-8,12-15H2,(H2,24,25,28). The first-order valence-corrected chi connectivity index (χ1v) is 10.0. The third kappa shape index (κ3) is 4.68. The van der Waals surface area contributed by atoms with Crippen LogP contribution in [0.3, 0.4) is 0 Å². The van der Waals surface area contributed by atoms with Gasteiger partial charge < -0.3 is 20.4 Å². The number of nitrogens with zero attached hydrogens (tertiary/aromatic N) is 5. The molecular formula is C20H27N7O. The summed E-state index contributed by atoms with van der Waals surface area (Å²) in [7, 11) is 0. The third-order valence-corrected chi connectivity index (χ3v) is 5.40. The summed E-state index contributed by atoms with van der Waals surface area (Å²) in [6, 6.07) is 8.04. The maximum Gasteiger partial charge on any atom is 0.315 e. The zero-order valence-electron chi connectivity index (χ0n) is 16.0. The van der Waals surface area contributed by atoms with Crippen LogP contribution < -0.4 is 20.4 Å². The highest BCUT2D eigenvalue weighted by Gasteiger charge is 2.25. The van der Waals surface area contributed by atoms with Crippen molar-refractivity contribution in [2.45, 2.75) is 37.8 Å². The minimum atomic E-state index is -0.0721. The predicted octanol–water partition coefficient (Wildman–Crippen LogP) is 1.81.